The number of sulfonamides is 1. The topological polar surface area (TPSA) is 53.5 Å². The normalized spacial score (nSPS) is 22.6. The van der Waals surface area contributed by atoms with Crippen LogP contribution in [0.3, 0.4) is 0 Å². The van der Waals surface area contributed by atoms with Crippen molar-refractivity contribution in [1.82, 2.24) is 14.2 Å². The molecule has 2 aliphatic rings. The third-order valence-corrected chi connectivity index (χ3v) is 6.38. The summed E-state index contributed by atoms with van der Waals surface area (Å²) in [5.74, 6) is 0. The Kier molecular flexibility index (Phi) is 4.05. The smallest absolute Gasteiger partial charge is 0.217 e. The zero-order chi connectivity index (χ0) is 14.0. The molecular formula is C14H21N3O2S. The number of aromatic nitrogens is 1. The molecule has 0 spiro atoms. The van der Waals surface area contributed by atoms with E-state index in [0.717, 1.165) is 38.9 Å². The van der Waals surface area contributed by atoms with Crippen LogP contribution in [0, 0.1) is 0 Å². The predicted octanol–water partition coefficient (Wildman–Crippen LogP) is 1.08. The first-order valence-corrected chi connectivity index (χ1v) is 8.77. The Morgan fingerprint density at radius 2 is 2.05 bits per heavy atom. The molecular weight excluding hydrogens is 274 g/mol. The maximum atomic E-state index is 12.3. The lowest BCUT2D eigenvalue weighted by Crippen LogP contribution is -2.37. The van der Waals surface area contributed by atoms with E-state index in [-0.39, 0.29) is 5.25 Å². The summed E-state index contributed by atoms with van der Waals surface area (Å²) in [7, 11) is -3.01. The van der Waals surface area contributed by atoms with Crippen LogP contribution in [0.5, 0.6) is 0 Å². The zero-order valence-corrected chi connectivity index (χ0v) is 12.4. The summed E-state index contributed by atoms with van der Waals surface area (Å²) in [6.45, 7) is 3.90. The highest BCUT2D eigenvalue weighted by molar-refractivity contribution is 7.90. The van der Waals surface area contributed by atoms with Gasteiger partial charge in [-0.05, 0) is 37.4 Å². The van der Waals surface area contributed by atoms with Crippen molar-refractivity contribution in [3.05, 3.63) is 30.1 Å². The van der Waals surface area contributed by atoms with Crippen LogP contribution in [-0.4, -0.2) is 54.0 Å². The maximum Gasteiger partial charge on any atom is 0.217 e. The van der Waals surface area contributed by atoms with E-state index in [4.69, 9.17) is 0 Å². The van der Waals surface area contributed by atoms with E-state index >= 15 is 0 Å². The molecule has 0 bridgehead atoms. The van der Waals surface area contributed by atoms with Crippen molar-refractivity contribution in [3.63, 3.8) is 0 Å². The van der Waals surface area contributed by atoms with Crippen LogP contribution in [0.4, 0.5) is 0 Å². The Balaban J connectivity index is 1.59. The van der Waals surface area contributed by atoms with Gasteiger partial charge in [-0.25, -0.2) is 12.7 Å². The number of hydrogen-bond donors (Lipinski definition) is 0. The molecule has 0 amide bonds. The molecule has 5 nitrogen and oxygen atoms in total. The number of rotatable bonds is 4. The number of nitrogens with zero attached hydrogens (tertiary/aromatic N) is 3. The van der Waals surface area contributed by atoms with Gasteiger partial charge < -0.3 is 0 Å². The Labute approximate surface area is 120 Å². The fourth-order valence-corrected chi connectivity index (χ4v) is 4.56. The van der Waals surface area contributed by atoms with E-state index in [1.807, 2.05) is 12.3 Å². The van der Waals surface area contributed by atoms with E-state index in [1.54, 1.807) is 10.5 Å². The summed E-state index contributed by atoms with van der Waals surface area (Å²) in [5.41, 5.74) is 1.19. The van der Waals surface area contributed by atoms with E-state index in [2.05, 4.69) is 16.0 Å². The third kappa shape index (κ3) is 3.19. The molecule has 1 aliphatic heterocycles. The Bertz CT molecular complexity index is 543. The molecule has 1 saturated carbocycles. The lowest BCUT2D eigenvalue weighted by Gasteiger charge is -2.21. The summed E-state index contributed by atoms with van der Waals surface area (Å²) in [5, 5.41) is -0.0904. The molecule has 1 aliphatic carbocycles. The fourth-order valence-electron chi connectivity index (χ4n) is 2.69. The van der Waals surface area contributed by atoms with Gasteiger partial charge in [-0.1, -0.05) is 6.07 Å². The second-order valence-electron chi connectivity index (χ2n) is 5.63. The molecule has 110 valence electrons. The molecule has 0 N–H and O–H groups in total. The van der Waals surface area contributed by atoms with Gasteiger partial charge in [0.15, 0.2) is 0 Å². The summed E-state index contributed by atoms with van der Waals surface area (Å²) in [6.07, 6.45) is 6.25. The summed E-state index contributed by atoms with van der Waals surface area (Å²) < 4.78 is 26.2. The Hall–Kier alpha value is -0.980. The van der Waals surface area contributed by atoms with Crippen LogP contribution in [0.2, 0.25) is 0 Å². The molecule has 2 heterocycles. The van der Waals surface area contributed by atoms with Crippen LogP contribution < -0.4 is 0 Å². The average molecular weight is 295 g/mol. The molecule has 6 heteroatoms. The van der Waals surface area contributed by atoms with Gasteiger partial charge >= 0.3 is 0 Å². The Morgan fingerprint density at radius 3 is 2.75 bits per heavy atom. The van der Waals surface area contributed by atoms with E-state index in [9.17, 15) is 8.42 Å². The zero-order valence-electron chi connectivity index (χ0n) is 11.6. The van der Waals surface area contributed by atoms with E-state index in [1.165, 1.54) is 5.56 Å². The van der Waals surface area contributed by atoms with Gasteiger partial charge in [0.1, 0.15) is 0 Å². The van der Waals surface area contributed by atoms with Crippen LogP contribution in [0.15, 0.2) is 24.5 Å². The summed E-state index contributed by atoms with van der Waals surface area (Å²) >= 11 is 0. The van der Waals surface area contributed by atoms with Gasteiger partial charge in [-0.2, -0.15) is 0 Å². The minimum absolute atomic E-state index is 0.0904. The molecule has 3 rings (SSSR count). The molecule has 0 aromatic carbocycles. The van der Waals surface area contributed by atoms with E-state index in [0.29, 0.717) is 13.1 Å². The summed E-state index contributed by atoms with van der Waals surface area (Å²) in [6, 6.07) is 4.01. The summed E-state index contributed by atoms with van der Waals surface area (Å²) in [4.78, 5) is 6.45. The Morgan fingerprint density at radius 1 is 1.20 bits per heavy atom. The molecule has 0 radical (unpaired) electrons. The van der Waals surface area contributed by atoms with Crippen LogP contribution in [-0.2, 0) is 16.6 Å². The molecule has 1 saturated heterocycles. The van der Waals surface area contributed by atoms with Crippen molar-refractivity contribution in [3.8, 4) is 0 Å². The molecule has 0 unspecified atom stereocenters. The van der Waals surface area contributed by atoms with E-state index < -0.39 is 10.0 Å². The molecule has 0 atom stereocenters. The maximum absolute atomic E-state index is 12.3. The first-order chi connectivity index (χ1) is 9.66. The van der Waals surface area contributed by atoms with Crippen molar-refractivity contribution in [1.29, 1.82) is 0 Å². The second-order valence-corrected chi connectivity index (χ2v) is 7.85. The highest BCUT2D eigenvalue weighted by Gasteiger charge is 2.40. The average Bonchev–Trinajstić information content (AvgIpc) is 3.27. The highest BCUT2D eigenvalue weighted by atomic mass is 32.2. The van der Waals surface area contributed by atoms with Crippen LogP contribution >= 0.6 is 0 Å². The number of pyridine rings is 1. The monoisotopic (exact) mass is 295 g/mol. The lowest BCUT2D eigenvalue weighted by molar-refractivity contribution is 0.278. The van der Waals surface area contributed by atoms with Crippen molar-refractivity contribution in [2.75, 3.05) is 26.2 Å². The fraction of sp³-hybridized carbons (Fsp3) is 0.643. The highest BCUT2D eigenvalue weighted by Crippen LogP contribution is 2.31. The lowest BCUT2D eigenvalue weighted by atomic mass is 10.2. The van der Waals surface area contributed by atoms with Crippen molar-refractivity contribution >= 4 is 10.0 Å². The van der Waals surface area contributed by atoms with Gasteiger partial charge in [0.05, 0.1) is 5.25 Å². The largest absolute Gasteiger partial charge is 0.298 e. The first-order valence-electron chi connectivity index (χ1n) is 7.26. The molecule has 1 aromatic heterocycles. The predicted molar refractivity (Wildman–Crippen MR) is 77.6 cm³/mol. The molecule has 2 fully saturated rings. The van der Waals surface area contributed by atoms with Crippen molar-refractivity contribution in [2.45, 2.75) is 31.1 Å². The second kappa shape index (κ2) is 5.79. The number of hydrogen-bond acceptors (Lipinski definition) is 4. The SMILES string of the molecule is O=S(=O)(C1CC1)N1CCCN(Cc2cccnc2)CC1. The minimum Gasteiger partial charge on any atom is -0.298 e. The third-order valence-electron chi connectivity index (χ3n) is 3.98. The van der Waals surface area contributed by atoms with Gasteiger partial charge in [-0.15, -0.1) is 0 Å². The van der Waals surface area contributed by atoms with Crippen LogP contribution in [0.1, 0.15) is 24.8 Å². The van der Waals surface area contributed by atoms with Gasteiger partial charge in [0.2, 0.25) is 10.0 Å². The van der Waals surface area contributed by atoms with Gasteiger partial charge in [0, 0.05) is 38.6 Å². The van der Waals surface area contributed by atoms with Crippen LogP contribution in [0.25, 0.3) is 0 Å². The quantitative estimate of drug-likeness (QED) is 0.834. The molecule has 20 heavy (non-hydrogen) atoms. The van der Waals surface area contributed by atoms with Gasteiger partial charge in [0.25, 0.3) is 0 Å². The first kappa shape index (κ1) is 14.0. The minimum atomic E-state index is -3.01. The standard InChI is InChI=1S/C14H21N3O2S/c18-20(19,14-4-5-14)17-8-2-7-16(9-10-17)12-13-3-1-6-15-11-13/h1,3,6,11,14H,2,4-5,7-10,12H2. The van der Waals surface area contributed by atoms with Crippen molar-refractivity contribution in [2.24, 2.45) is 0 Å². The van der Waals surface area contributed by atoms with Gasteiger partial charge in [-0.3, -0.25) is 9.88 Å². The molecule has 1 aromatic rings. The van der Waals surface area contributed by atoms with Crippen molar-refractivity contribution < 1.29 is 8.42 Å².